The first-order valence-electron chi connectivity index (χ1n) is 5.00. The smallest absolute Gasteiger partial charge is 0.0613 e. The molecule has 0 heterocycles. The van der Waals surface area contributed by atoms with Crippen LogP contribution in [0.1, 0.15) is 26.2 Å². The lowest BCUT2D eigenvalue weighted by atomic mass is 9.84. The molecular formula is C10H21NOS. The van der Waals surface area contributed by atoms with Crippen LogP contribution in [0.4, 0.5) is 0 Å². The molecule has 0 amide bonds. The largest absolute Gasteiger partial charge is 0.383 e. The van der Waals surface area contributed by atoms with Gasteiger partial charge in [-0.15, -0.1) is 0 Å². The van der Waals surface area contributed by atoms with Crippen LogP contribution in [0.5, 0.6) is 0 Å². The molecule has 1 saturated carbocycles. The Morgan fingerprint density at radius 3 is 2.62 bits per heavy atom. The van der Waals surface area contributed by atoms with Gasteiger partial charge < -0.3 is 10.1 Å². The number of hydrogen-bond acceptors (Lipinski definition) is 3. The molecule has 1 aliphatic carbocycles. The minimum atomic E-state index is 0.481. The van der Waals surface area contributed by atoms with Crippen molar-refractivity contribution < 1.29 is 4.74 Å². The van der Waals surface area contributed by atoms with E-state index >= 15 is 0 Å². The van der Waals surface area contributed by atoms with E-state index in [2.05, 4.69) is 18.5 Å². The Kier molecular flexibility index (Phi) is 4.56. The van der Waals surface area contributed by atoms with Crippen molar-refractivity contribution in [2.45, 2.75) is 37.0 Å². The van der Waals surface area contributed by atoms with Crippen molar-refractivity contribution in [1.29, 1.82) is 0 Å². The molecule has 1 rings (SSSR count). The van der Waals surface area contributed by atoms with E-state index in [0.29, 0.717) is 10.8 Å². The molecule has 1 aliphatic rings. The summed E-state index contributed by atoms with van der Waals surface area (Å²) in [6, 6.07) is 0.481. The standard InChI is InChI=1S/C10H21NOS/c1-9(7-12-2)11-8-10(13-3)5-4-6-10/h9,11H,4-8H2,1-3H3. The molecular weight excluding hydrogens is 182 g/mol. The summed E-state index contributed by atoms with van der Waals surface area (Å²) in [6.07, 6.45) is 6.38. The summed E-state index contributed by atoms with van der Waals surface area (Å²) in [4.78, 5) is 0. The van der Waals surface area contributed by atoms with Gasteiger partial charge >= 0.3 is 0 Å². The van der Waals surface area contributed by atoms with Crippen molar-refractivity contribution in [1.82, 2.24) is 5.32 Å². The third-order valence-corrected chi connectivity index (χ3v) is 4.31. The fourth-order valence-corrected chi connectivity index (χ4v) is 2.62. The van der Waals surface area contributed by atoms with Crippen LogP contribution in [0.3, 0.4) is 0 Å². The zero-order valence-corrected chi connectivity index (χ0v) is 9.75. The zero-order chi connectivity index (χ0) is 9.73. The maximum Gasteiger partial charge on any atom is 0.0613 e. The summed E-state index contributed by atoms with van der Waals surface area (Å²) in [7, 11) is 1.76. The first kappa shape index (κ1) is 11.3. The van der Waals surface area contributed by atoms with Crippen molar-refractivity contribution in [2.24, 2.45) is 0 Å². The Bertz CT molecular complexity index is 142. The van der Waals surface area contributed by atoms with Gasteiger partial charge in [0.25, 0.3) is 0 Å². The molecule has 1 atom stereocenters. The normalized spacial score (nSPS) is 22.4. The van der Waals surface area contributed by atoms with Crippen molar-refractivity contribution in [3.63, 3.8) is 0 Å². The molecule has 0 aromatic rings. The second-order valence-electron chi connectivity index (χ2n) is 3.98. The fourth-order valence-electron chi connectivity index (χ4n) is 1.69. The molecule has 0 saturated heterocycles. The number of hydrogen-bond donors (Lipinski definition) is 1. The second-order valence-corrected chi connectivity index (χ2v) is 5.25. The van der Waals surface area contributed by atoms with Crippen LogP contribution < -0.4 is 5.32 Å². The average molecular weight is 203 g/mol. The predicted molar refractivity (Wildman–Crippen MR) is 59.4 cm³/mol. The Balaban J connectivity index is 2.16. The zero-order valence-electron chi connectivity index (χ0n) is 8.93. The topological polar surface area (TPSA) is 21.3 Å². The van der Waals surface area contributed by atoms with Gasteiger partial charge in [0.1, 0.15) is 0 Å². The van der Waals surface area contributed by atoms with E-state index in [4.69, 9.17) is 4.74 Å². The van der Waals surface area contributed by atoms with Crippen LogP contribution in [0.25, 0.3) is 0 Å². The first-order valence-corrected chi connectivity index (χ1v) is 6.22. The maximum absolute atomic E-state index is 5.08. The molecule has 0 spiro atoms. The number of rotatable bonds is 6. The van der Waals surface area contributed by atoms with E-state index < -0.39 is 0 Å². The summed E-state index contributed by atoms with van der Waals surface area (Å²) in [5.74, 6) is 0. The van der Waals surface area contributed by atoms with Crippen molar-refractivity contribution >= 4 is 11.8 Å². The third kappa shape index (κ3) is 3.15. The lowest BCUT2D eigenvalue weighted by Crippen LogP contribution is -2.46. The van der Waals surface area contributed by atoms with E-state index in [1.54, 1.807) is 7.11 Å². The van der Waals surface area contributed by atoms with Gasteiger partial charge in [-0.05, 0) is 26.0 Å². The summed E-state index contributed by atoms with van der Waals surface area (Å²) in [5.41, 5.74) is 0. The summed E-state index contributed by atoms with van der Waals surface area (Å²) < 4.78 is 5.63. The van der Waals surface area contributed by atoms with E-state index in [0.717, 1.165) is 13.2 Å². The quantitative estimate of drug-likeness (QED) is 0.712. The SMILES string of the molecule is COCC(C)NCC1(SC)CCC1. The van der Waals surface area contributed by atoms with Gasteiger partial charge in [0.2, 0.25) is 0 Å². The number of nitrogens with one attached hydrogen (secondary N) is 1. The molecule has 0 aliphatic heterocycles. The highest BCUT2D eigenvalue weighted by Gasteiger charge is 2.35. The Labute approximate surface area is 85.8 Å². The van der Waals surface area contributed by atoms with Gasteiger partial charge in [0, 0.05) is 24.4 Å². The Morgan fingerprint density at radius 1 is 1.54 bits per heavy atom. The lowest BCUT2D eigenvalue weighted by Gasteiger charge is -2.41. The molecule has 78 valence electrons. The minimum absolute atomic E-state index is 0.481. The highest BCUT2D eigenvalue weighted by Crippen LogP contribution is 2.42. The molecule has 13 heavy (non-hydrogen) atoms. The molecule has 3 heteroatoms. The van der Waals surface area contributed by atoms with Crippen LogP contribution >= 0.6 is 11.8 Å². The average Bonchev–Trinajstić information content (AvgIpc) is 2.04. The van der Waals surface area contributed by atoms with Crippen LogP contribution in [0.15, 0.2) is 0 Å². The van der Waals surface area contributed by atoms with Crippen molar-refractivity contribution in [2.75, 3.05) is 26.5 Å². The predicted octanol–water partition coefficient (Wildman–Crippen LogP) is 1.90. The molecule has 1 N–H and O–H groups in total. The molecule has 0 aromatic heterocycles. The fraction of sp³-hybridized carbons (Fsp3) is 1.00. The van der Waals surface area contributed by atoms with Gasteiger partial charge in [0.15, 0.2) is 0 Å². The van der Waals surface area contributed by atoms with Gasteiger partial charge in [-0.3, -0.25) is 0 Å². The van der Waals surface area contributed by atoms with Crippen molar-refractivity contribution in [3.8, 4) is 0 Å². The molecule has 1 unspecified atom stereocenters. The summed E-state index contributed by atoms with van der Waals surface area (Å²) in [5, 5.41) is 3.53. The molecule has 0 bridgehead atoms. The van der Waals surface area contributed by atoms with E-state index in [1.807, 2.05) is 11.8 Å². The van der Waals surface area contributed by atoms with Gasteiger partial charge in [-0.1, -0.05) is 6.42 Å². The Hall–Kier alpha value is 0.270. The minimum Gasteiger partial charge on any atom is -0.383 e. The molecule has 0 aromatic carbocycles. The number of ether oxygens (including phenoxy) is 1. The maximum atomic E-state index is 5.08. The highest BCUT2D eigenvalue weighted by atomic mass is 32.2. The summed E-state index contributed by atoms with van der Waals surface area (Å²) in [6.45, 7) is 4.12. The Morgan fingerprint density at radius 2 is 2.23 bits per heavy atom. The number of methoxy groups -OCH3 is 1. The van der Waals surface area contributed by atoms with Crippen LogP contribution in [-0.4, -0.2) is 37.3 Å². The van der Waals surface area contributed by atoms with Gasteiger partial charge in [-0.2, -0.15) is 11.8 Å². The summed E-state index contributed by atoms with van der Waals surface area (Å²) >= 11 is 2.02. The van der Waals surface area contributed by atoms with Crippen LogP contribution in [0.2, 0.25) is 0 Å². The van der Waals surface area contributed by atoms with E-state index in [9.17, 15) is 0 Å². The van der Waals surface area contributed by atoms with Crippen LogP contribution in [0, 0.1) is 0 Å². The second kappa shape index (κ2) is 5.23. The van der Waals surface area contributed by atoms with E-state index in [-0.39, 0.29) is 0 Å². The highest BCUT2D eigenvalue weighted by molar-refractivity contribution is 8.00. The lowest BCUT2D eigenvalue weighted by molar-refractivity contribution is 0.168. The monoisotopic (exact) mass is 203 g/mol. The van der Waals surface area contributed by atoms with Gasteiger partial charge in [0.05, 0.1) is 6.61 Å². The third-order valence-electron chi connectivity index (χ3n) is 2.89. The van der Waals surface area contributed by atoms with Crippen LogP contribution in [-0.2, 0) is 4.74 Å². The van der Waals surface area contributed by atoms with Crippen molar-refractivity contribution in [3.05, 3.63) is 0 Å². The molecule has 2 nitrogen and oxygen atoms in total. The molecule has 0 radical (unpaired) electrons. The first-order chi connectivity index (χ1) is 6.22. The van der Waals surface area contributed by atoms with E-state index in [1.165, 1.54) is 19.3 Å². The van der Waals surface area contributed by atoms with Gasteiger partial charge in [-0.25, -0.2) is 0 Å². The number of thioether (sulfide) groups is 1. The molecule has 1 fully saturated rings.